The molecule has 0 amide bonds. The molecule has 3 N–H and O–H groups in total. The number of aliphatic hydroxyl groups is 1. The maximum atomic E-state index is 13.1. The monoisotopic (exact) mass is 1460 g/mol. The number of allylic oxidation sites excluding steroid dienone is 4. The quantitative estimate of drug-likeness (QED) is 0.0169. The van der Waals surface area contributed by atoms with Crippen molar-refractivity contribution in [2.45, 2.75) is 414 Å². The smallest absolute Gasteiger partial charge is 0.462 e. The third-order valence-corrected chi connectivity index (χ3v) is 20.5. The fourth-order valence-corrected chi connectivity index (χ4v) is 13.5. The van der Waals surface area contributed by atoms with E-state index in [1.54, 1.807) is 0 Å². The summed E-state index contributed by atoms with van der Waals surface area (Å²) in [6, 6.07) is 0. The van der Waals surface area contributed by atoms with Crippen LogP contribution in [-0.2, 0) is 65.4 Å². The lowest BCUT2D eigenvalue weighted by atomic mass is 10.00. The molecule has 0 heterocycles. The van der Waals surface area contributed by atoms with Crippen molar-refractivity contribution in [2.75, 3.05) is 39.6 Å². The largest absolute Gasteiger partial charge is 0.472 e. The first-order valence-corrected chi connectivity index (χ1v) is 44.2. The fraction of sp³-hybridized carbons (Fsp3) is 0.901. The topological polar surface area (TPSA) is 237 Å². The van der Waals surface area contributed by atoms with Crippen LogP contribution in [0.2, 0.25) is 0 Å². The van der Waals surface area contributed by atoms with Gasteiger partial charge in [0.25, 0.3) is 0 Å². The number of esters is 4. The van der Waals surface area contributed by atoms with Crippen molar-refractivity contribution in [3.63, 3.8) is 0 Å². The van der Waals surface area contributed by atoms with E-state index in [9.17, 15) is 43.2 Å². The molecule has 0 saturated carbocycles. The number of unbranched alkanes of at least 4 members (excludes halogenated alkanes) is 41. The molecule has 0 aromatic heterocycles. The van der Waals surface area contributed by atoms with Gasteiger partial charge in [0.15, 0.2) is 12.2 Å². The number of carbonyl (C=O) groups is 4. The second kappa shape index (κ2) is 70.8. The summed E-state index contributed by atoms with van der Waals surface area (Å²) >= 11 is 0. The van der Waals surface area contributed by atoms with E-state index >= 15 is 0 Å². The van der Waals surface area contributed by atoms with Crippen molar-refractivity contribution in [2.24, 2.45) is 17.8 Å². The predicted octanol–water partition coefficient (Wildman–Crippen LogP) is 23.7. The minimum Gasteiger partial charge on any atom is -0.462 e. The normalized spacial score (nSPS) is 14.4. The van der Waals surface area contributed by atoms with E-state index in [4.69, 9.17) is 37.0 Å². The van der Waals surface area contributed by atoms with Crippen LogP contribution in [0, 0.1) is 17.8 Å². The Hall–Kier alpha value is -2.46. The Kier molecular flexibility index (Phi) is 69.1. The summed E-state index contributed by atoms with van der Waals surface area (Å²) < 4.78 is 68.6. The average molecular weight is 1460 g/mol. The molecule has 19 heteroatoms. The molecule has 100 heavy (non-hydrogen) atoms. The second-order valence-corrected chi connectivity index (χ2v) is 32.6. The highest BCUT2D eigenvalue weighted by atomic mass is 31.2. The predicted molar refractivity (Wildman–Crippen MR) is 409 cm³/mol. The van der Waals surface area contributed by atoms with Gasteiger partial charge in [0, 0.05) is 25.7 Å². The van der Waals surface area contributed by atoms with Crippen molar-refractivity contribution in [1.82, 2.24) is 0 Å². The first kappa shape index (κ1) is 97.5. The average Bonchev–Trinajstić information content (AvgIpc) is 0.949. The number of carbonyl (C=O) groups excluding carboxylic acids is 4. The molecule has 0 saturated heterocycles. The van der Waals surface area contributed by atoms with Gasteiger partial charge in [0.1, 0.15) is 19.3 Å². The molecule has 0 rings (SSSR count). The van der Waals surface area contributed by atoms with Gasteiger partial charge in [-0.15, -0.1) is 0 Å². The van der Waals surface area contributed by atoms with Crippen molar-refractivity contribution in [1.29, 1.82) is 0 Å². The molecule has 0 bridgehead atoms. The van der Waals surface area contributed by atoms with Crippen LogP contribution in [-0.4, -0.2) is 96.7 Å². The number of aliphatic hydroxyl groups excluding tert-OH is 1. The van der Waals surface area contributed by atoms with Crippen molar-refractivity contribution in [3.05, 3.63) is 24.3 Å². The Labute approximate surface area is 612 Å². The molecule has 0 radical (unpaired) electrons. The van der Waals surface area contributed by atoms with Crippen LogP contribution in [0.3, 0.4) is 0 Å². The van der Waals surface area contributed by atoms with E-state index in [0.717, 1.165) is 127 Å². The Morgan fingerprint density at radius 2 is 0.590 bits per heavy atom. The molecule has 0 aliphatic rings. The third-order valence-electron chi connectivity index (χ3n) is 18.6. The van der Waals surface area contributed by atoms with Gasteiger partial charge < -0.3 is 33.8 Å². The molecule has 6 atom stereocenters. The number of phosphoric acid groups is 2. The first-order valence-electron chi connectivity index (χ1n) is 41.2. The Morgan fingerprint density at radius 3 is 0.890 bits per heavy atom. The fourth-order valence-electron chi connectivity index (χ4n) is 11.9. The van der Waals surface area contributed by atoms with Gasteiger partial charge in [0.2, 0.25) is 0 Å². The Balaban J connectivity index is 5.24. The molecule has 17 nitrogen and oxygen atoms in total. The van der Waals surface area contributed by atoms with Gasteiger partial charge in [0.05, 0.1) is 26.4 Å². The van der Waals surface area contributed by atoms with Gasteiger partial charge in [-0.05, 0) is 69.1 Å². The van der Waals surface area contributed by atoms with E-state index in [2.05, 4.69) is 72.8 Å². The SMILES string of the molecule is CCCCCC/C=C\C=C/CCCCCCCC(=O)O[C@H](COC(=O)CCCCCCCCCCCCCC(C)C)COP(=O)(O)OC[C@@H](O)COP(=O)(O)OC[C@@H](COC(=O)CCCCCCCCC(C)CC)OC(=O)CCCCCCCCCCCCCCCCCCCCC(C)C. The van der Waals surface area contributed by atoms with E-state index in [-0.39, 0.29) is 25.7 Å². The highest BCUT2D eigenvalue weighted by Crippen LogP contribution is 2.45. The second-order valence-electron chi connectivity index (χ2n) is 29.7. The van der Waals surface area contributed by atoms with Gasteiger partial charge in [-0.2, -0.15) is 0 Å². The lowest BCUT2D eigenvalue weighted by molar-refractivity contribution is -0.161. The summed E-state index contributed by atoms with van der Waals surface area (Å²) in [5, 5.41) is 10.6. The third kappa shape index (κ3) is 72.5. The molecule has 590 valence electrons. The molecule has 0 aromatic carbocycles. The minimum atomic E-state index is -4.97. The number of rotatable bonds is 77. The summed E-state index contributed by atoms with van der Waals surface area (Å²) in [7, 11) is -9.93. The van der Waals surface area contributed by atoms with Gasteiger partial charge >= 0.3 is 39.5 Å². The molecule has 0 aromatic rings. The number of phosphoric ester groups is 2. The highest BCUT2D eigenvalue weighted by Gasteiger charge is 2.30. The van der Waals surface area contributed by atoms with E-state index in [1.807, 2.05) is 0 Å². The number of ether oxygens (including phenoxy) is 4. The van der Waals surface area contributed by atoms with Gasteiger partial charge in [-0.1, -0.05) is 342 Å². The van der Waals surface area contributed by atoms with Crippen LogP contribution in [0.5, 0.6) is 0 Å². The first-order chi connectivity index (χ1) is 48.3. The molecular weight excluding hydrogens is 1310 g/mol. The Bertz CT molecular complexity index is 2040. The number of hydrogen-bond donors (Lipinski definition) is 3. The zero-order chi connectivity index (χ0) is 73.7. The Morgan fingerprint density at radius 1 is 0.330 bits per heavy atom. The summed E-state index contributed by atoms with van der Waals surface area (Å²) in [6.45, 7) is 11.9. The molecule has 0 spiro atoms. The molecule has 0 aliphatic heterocycles. The van der Waals surface area contributed by atoms with E-state index in [0.29, 0.717) is 25.7 Å². The summed E-state index contributed by atoms with van der Waals surface area (Å²) in [5.74, 6) is 0.173. The van der Waals surface area contributed by atoms with Crippen LogP contribution in [0.15, 0.2) is 24.3 Å². The highest BCUT2D eigenvalue weighted by molar-refractivity contribution is 7.47. The van der Waals surface area contributed by atoms with E-state index < -0.39 is 97.5 Å². The lowest BCUT2D eigenvalue weighted by Gasteiger charge is -2.21. The molecule has 0 fully saturated rings. The standard InChI is InChI=1S/C81H154O17P2/c1-8-10-11-12-13-14-15-16-21-25-30-36-41-50-57-64-80(85)97-76(68-91-78(83)62-55-48-40-35-32-27-29-34-39-46-53-60-73(5)6)70-95-99(87,88)93-66-75(82)67-94-100(89,90)96-71-77(69-92-79(84)63-56-49-44-43-47-54-61-74(7)9-2)98-81(86)65-58-51-42-37-31-26-23-20-18-17-19-22-24-28-33-38-45-52-59-72(3)4/h14-16,21,72-77,82H,8-13,17-20,22-71H2,1-7H3,(H,87,88)(H,89,90)/b15-14-,21-16-/t74?,75-,76-,77-/m1/s1. The maximum absolute atomic E-state index is 13.1. The summed E-state index contributed by atoms with van der Waals surface area (Å²) in [6.07, 6.45) is 61.9. The van der Waals surface area contributed by atoms with E-state index in [1.165, 1.54) is 186 Å². The maximum Gasteiger partial charge on any atom is 0.472 e. The lowest BCUT2D eigenvalue weighted by Crippen LogP contribution is -2.30. The zero-order valence-electron chi connectivity index (χ0n) is 65.2. The van der Waals surface area contributed by atoms with Gasteiger partial charge in [-0.25, -0.2) is 9.13 Å². The van der Waals surface area contributed by atoms with Crippen molar-refractivity contribution in [3.8, 4) is 0 Å². The summed E-state index contributed by atoms with van der Waals surface area (Å²) in [4.78, 5) is 73.0. The van der Waals surface area contributed by atoms with Crippen LogP contribution in [0.4, 0.5) is 0 Å². The van der Waals surface area contributed by atoms with Crippen LogP contribution >= 0.6 is 15.6 Å². The molecule has 0 aliphatic carbocycles. The zero-order valence-corrected chi connectivity index (χ0v) is 66.9. The molecular formula is C81H154O17P2. The van der Waals surface area contributed by atoms with Crippen LogP contribution < -0.4 is 0 Å². The van der Waals surface area contributed by atoms with Crippen molar-refractivity contribution < 1.29 is 80.2 Å². The van der Waals surface area contributed by atoms with Crippen LogP contribution in [0.1, 0.15) is 395 Å². The van der Waals surface area contributed by atoms with Crippen LogP contribution in [0.25, 0.3) is 0 Å². The minimum absolute atomic E-state index is 0.0847. The molecule has 3 unspecified atom stereocenters. The number of hydrogen-bond acceptors (Lipinski definition) is 15. The van der Waals surface area contributed by atoms with Gasteiger partial charge in [-0.3, -0.25) is 37.3 Å². The van der Waals surface area contributed by atoms with Crippen molar-refractivity contribution >= 4 is 39.5 Å². The summed E-state index contributed by atoms with van der Waals surface area (Å²) in [5.41, 5.74) is 0.